The molecule has 0 radical (unpaired) electrons. The van der Waals surface area contributed by atoms with Crippen molar-refractivity contribution in [2.24, 2.45) is 11.8 Å². The third kappa shape index (κ3) is 9.69. The minimum absolute atomic E-state index is 0.0376. The molecule has 9 nitrogen and oxygen atoms in total. The summed E-state index contributed by atoms with van der Waals surface area (Å²) < 4.78 is 17.3. The molecular weight excluding hydrogens is 580 g/mol. The van der Waals surface area contributed by atoms with Gasteiger partial charge in [0.2, 0.25) is 11.8 Å². The normalized spacial score (nSPS) is 26.7. The Morgan fingerprint density at radius 3 is 2.41 bits per heavy atom. The Balaban J connectivity index is 1.54. The number of hydrogen-bond acceptors (Lipinski definition) is 8. The zero-order valence-electron chi connectivity index (χ0n) is 25.7. The van der Waals surface area contributed by atoms with Gasteiger partial charge >= 0.3 is 5.97 Å². The van der Waals surface area contributed by atoms with Crippen LogP contribution in [-0.2, 0) is 35.1 Å². The molecule has 2 amide bonds. The average Bonchev–Trinajstić information content (AvgIpc) is 3.81. The Bertz CT molecular complexity index is 1310. The van der Waals surface area contributed by atoms with Crippen molar-refractivity contribution in [2.45, 2.75) is 76.1 Å². The Labute approximate surface area is 263 Å². The van der Waals surface area contributed by atoms with E-state index in [2.05, 4.69) is 10.6 Å². The van der Waals surface area contributed by atoms with Crippen LogP contribution in [0.4, 0.5) is 0 Å². The number of amides is 2. The van der Waals surface area contributed by atoms with Crippen LogP contribution in [0, 0.1) is 11.8 Å². The molecule has 2 aliphatic rings. The maximum Gasteiger partial charge on any atom is 0.319 e. The first-order valence-corrected chi connectivity index (χ1v) is 16.0. The van der Waals surface area contributed by atoms with E-state index in [0.29, 0.717) is 12.2 Å². The predicted molar refractivity (Wildman–Crippen MR) is 169 cm³/mol. The lowest BCUT2D eigenvalue weighted by Crippen LogP contribution is -2.48. The van der Waals surface area contributed by atoms with Gasteiger partial charge in [0.15, 0.2) is 5.12 Å². The van der Waals surface area contributed by atoms with Gasteiger partial charge in [-0.25, -0.2) is 0 Å². The van der Waals surface area contributed by atoms with E-state index in [9.17, 15) is 19.2 Å². The van der Waals surface area contributed by atoms with Crippen LogP contribution in [0.3, 0.4) is 0 Å². The van der Waals surface area contributed by atoms with Crippen molar-refractivity contribution >= 4 is 34.7 Å². The van der Waals surface area contributed by atoms with Gasteiger partial charge < -0.3 is 24.8 Å². The fourth-order valence-corrected chi connectivity index (χ4v) is 6.40. The number of ether oxygens (including phenoxy) is 3. The third-order valence-electron chi connectivity index (χ3n) is 7.75. The summed E-state index contributed by atoms with van der Waals surface area (Å²) in [7, 11) is 1.58. The summed E-state index contributed by atoms with van der Waals surface area (Å²) in [6.45, 7) is 6.04. The fraction of sp³-hybridized carbons (Fsp3) is 0.471. The van der Waals surface area contributed by atoms with Crippen LogP contribution in [0.5, 0.6) is 5.75 Å². The van der Waals surface area contributed by atoms with Crippen molar-refractivity contribution in [3.8, 4) is 5.75 Å². The number of rotatable bonds is 8. The SMILES string of the molecule is COc1ccc(C[C@H]2NC(=O)/C=C/C[C@@H]([C@H](C)[C@H]3O[C@@H]3c3ccccc3)OC(=O)[C@H](CC(C)C)SC(=O)CCNC2=O)cc1. The van der Waals surface area contributed by atoms with Gasteiger partial charge in [-0.05, 0) is 41.7 Å². The number of esters is 1. The molecule has 10 heteroatoms. The Kier molecular flexibility index (Phi) is 12.0. The van der Waals surface area contributed by atoms with E-state index in [1.54, 1.807) is 25.3 Å². The smallest absolute Gasteiger partial charge is 0.319 e. The first-order chi connectivity index (χ1) is 21.1. The first kappa shape index (κ1) is 33.3. The number of nitrogens with one attached hydrogen (secondary N) is 2. The maximum atomic E-state index is 13.5. The van der Waals surface area contributed by atoms with Crippen LogP contribution in [0.25, 0.3) is 0 Å². The van der Waals surface area contributed by atoms with Gasteiger partial charge in [0.25, 0.3) is 0 Å². The van der Waals surface area contributed by atoms with Crippen molar-refractivity contribution in [2.75, 3.05) is 13.7 Å². The number of carbonyl (C=O) groups excluding carboxylic acids is 4. The summed E-state index contributed by atoms with van der Waals surface area (Å²) in [5, 5.41) is 4.67. The maximum absolute atomic E-state index is 13.5. The molecule has 0 saturated carbocycles. The topological polar surface area (TPSA) is 123 Å². The summed E-state index contributed by atoms with van der Waals surface area (Å²) in [6, 6.07) is 16.3. The lowest BCUT2D eigenvalue weighted by molar-refractivity contribution is -0.151. The molecule has 2 aromatic carbocycles. The van der Waals surface area contributed by atoms with Crippen LogP contribution >= 0.6 is 11.8 Å². The second-order valence-corrected chi connectivity index (χ2v) is 12.9. The molecule has 44 heavy (non-hydrogen) atoms. The fourth-order valence-electron chi connectivity index (χ4n) is 5.23. The lowest BCUT2D eigenvalue weighted by atomic mass is 9.93. The molecule has 2 aliphatic heterocycles. The van der Waals surface area contributed by atoms with Crippen LogP contribution in [-0.4, -0.2) is 60.1 Å². The van der Waals surface area contributed by atoms with Gasteiger partial charge in [0.1, 0.15) is 29.2 Å². The minimum atomic E-state index is -0.857. The molecule has 0 aromatic heterocycles. The van der Waals surface area contributed by atoms with Gasteiger partial charge in [-0.2, -0.15) is 0 Å². The highest BCUT2D eigenvalue weighted by Gasteiger charge is 2.47. The highest BCUT2D eigenvalue weighted by Crippen LogP contribution is 2.45. The van der Waals surface area contributed by atoms with E-state index in [1.165, 1.54) is 6.08 Å². The highest BCUT2D eigenvalue weighted by atomic mass is 32.2. The van der Waals surface area contributed by atoms with Crippen LogP contribution in [0.15, 0.2) is 66.7 Å². The molecule has 236 valence electrons. The molecule has 4 rings (SSSR count). The third-order valence-corrected chi connectivity index (χ3v) is 8.88. The summed E-state index contributed by atoms with van der Waals surface area (Å²) in [5.41, 5.74) is 1.89. The molecule has 0 aliphatic carbocycles. The Hall–Kier alpha value is -3.63. The zero-order chi connectivity index (χ0) is 31.6. The van der Waals surface area contributed by atoms with Crippen molar-refractivity contribution in [3.05, 3.63) is 77.9 Å². The van der Waals surface area contributed by atoms with E-state index in [-0.39, 0.29) is 55.0 Å². The summed E-state index contributed by atoms with van der Waals surface area (Å²) >= 11 is 0.965. The molecule has 1 saturated heterocycles. The summed E-state index contributed by atoms with van der Waals surface area (Å²) in [5.74, 6) is -0.631. The zero-order valence-corrected chi connectivity index (χ0v) is 26.5. The molecule has 0 bridgehead atoms. The first-order valence-electron chi connectivity index (χ1n) is 15.1. The molecule has 1 fully saturated rings. The summed E-state index contributed by atoms with van der Waals surface area (Å²) in [4.78, 5) is 52.5. The molecule has 2 aromatic rings. The molecular formula is C34H42N2O7S. The monoisotopic (exact) mass is 622 g/mol. The molecule has 2 heterocycles. The number of carbonyl (C=O) groups is 4. The van der Waals surface area contributed by atoms with E-state index in [1.807, 2.05) is 63.2 Å². The van der Waals surface area contributed by atoms with E-state index < -0.39 is 35.2 Å². The van der Waals surface area contributed by atoms with Gasteiger partial charge in [-0.15, -0.1) is 0 Å². The molecule has 0 spiro atoms. The second-order valence-electron chi connectivity index (χ2n) is 11.7. The number of thioether (sulfide) groups is 1. The molecule has 0 unspecified atom stereocenters. The number of methoxy groups -OCH3 is 1. The Morgan fingerprint density at radius 2 is 1.73 bits per heavy atom. The van der Waals surface area contributed by atoms with Gasteiger partial charge in [0.05, 0.1) is 13.2 Å². The van der Waals surface area contributed by atoms with Gasteiger partial charge in [-0.1, -0.05) is 81.1 Å². The quantitative estimate of drug-likeness (QED) is 0.325. The standard InChI is InChI=1S/C34H42N2O7S/c1-21(2)19-28-34(40)42-27(22(3)31-32(43-31)24-9-6-5-7-10-24)11-8-12-29(37)36-26(33(39)35-18-17-30(38)44-28)20-23-13-15-25(41-4)16-14-23/h5-10,12-16,21-22,26-28,31-32H,11,17-20H2,1-4H3,(H,35,39)(H,36,37)/b12-8+/t22-,26+,27-,28-,31+,32+/m0/s1. The number of benzene rings is 2. The Morgan fingerprint density at radius 1 is 1.00 bits per heavy atom. The van der Waals surface area contributed by atoms with Crippen molar-refractivity contribution in [1.29, 1.82) is 0 Å². The van der Waals surface area contributed by atoms with E-state index >= 15 is 0 Å². The largest absolute Gasteiger partial charge is 0.497 e. The minimum Gasteiger partial charge on any atom is -0.497 e. The number of epoxide rings is 1. The van der Waals surface area contributed by atoms with Gasteiger partial charge in [-0.3, -0.25) is 19.2 Å². The van der Waals surface area contributed by atoms with Crippen LogP contribution in [0.1, 0.15) is 57.3 Å². The number of hydrogen-bond donors (Lipinski definition) is 2. The summed E-state index contributed by atoms with van der Waals surface area (Å²) in [6.07, 6.45) is 3.23. The van der Waals surface area contributed by atoms with Crippen molar-refractivity contribution in [1.82, 2.24) is 10.6 Å². The van der Waals surface area contributed by atoms with E-state index in [4.69, 9.17) is 14.2 Å². The van der Waals surface area contributed by atoms with Gasteiger partial charge in [0, 0.05) is 31.7 Å². The van der Waals surface area contributed by atoms with Crippen molar-refractivity contribution in [3.63, 3.8) is 0 Å². The van der Waals surface area contributed by atoms with Crippen LogP contribution < -0.4 is 15.4 Å². The molecule has 6 atom stereocenters. The second kappa shape index (κ2) is 15.9. The van der Waals surface area contributed by atoms with Crippen molar-refractivity contribution < 1.29 is 33.4 Å². The lowest BCUT2D eigenvalue weighted by Gasteiger charge is -2.25. The molecule has 2 N–H and O–H groups in total. The average molecular weight is 623 g/mol. The predicted octanol–water partition coefficient (Wildman–Crippen LogP) is 4.55. The van der Waals surface area contributed by atoms with E-state index in [0.717, 1.165) is 22.9 Å². The van der Waals surface area contributed by atoms with Crippen LogP contribution in [0.2, 0.25) is 0 Å². The number of cyclic esters (lactones) is 1. The highest BCUT2D eigenvalue weighted by molar-refractivity contribution is 8.14.